The van der Waals surface area contributed by atoms with Gasteiger partial charge in [-0.1, -0.05) is 24.3 Å². The zero-order valence-corrected chi connectivity index (χ0v) is 20.1. The summed E-state index contributed by atoms with van der Waals surface area (Å²) in [6.45, 7) is 3.91. The van der Waals surface area contributed by atoms with Crippen molar-refractivity contribution in [2.75, 3.05) is 0 Å². The zero-order valence-electron chi connectivity index (χ0n) is 20.1. The summed E-state index contributed by atoms with van der Waals surface area (Å²) in [4.78, 5) is 29.6. The molecule has 4 N–H and O–H groups in total. The first kappa shape index (κ1) is 24.5. The fourth-order valence-electron chi connectivity index (χ4n) is 4.76. The number of carbonyl (C=O) groups is 2. The first-order chi connectivity index (χ1) is 16.8. The fraction of sp³-hybridized carbons (Fsp3) is 0.440. The van der Waals surface area contributed by atoms with Gasteiger partial charge in [0.15, 0.2) is 0 Å². The van der Waals surface area contributed by atoms with E-state index in [1.165, 1.54) is 0 Å². The molecule has 1 aliphatic rings. The smallest absolute Gasteiger partial charge is 0.267 e. The molecule has 2 heterocycles. The van der Waals surface area contributed by atoms with E-state index in [0.717, 1.165) is 36.8 Å². The zero-order chi connectivity index (χ0) is 24.9. The first-order valence-corrected chi connectivity index (χ1v) is 11.9. The predicted molar refractivity (Wildman–Crippen MR) is 129 cm³/mol. The number of nitrogens with one attached hydrogen (secondary N) is 1. The van der Waals surface area contributed by atoms with Gasteiger partial charge in [-0.25, -0.2) is 4.98 Å². The van der Waals surface area contributed by atoms with Crippen LogP contribution in [0.3, 0.4) is 0 Å². The maximum absolute atomic E-state index is 12.3. The molecule has 1 fully saturated rings. The van der Waals surface area contributed by atoms with Gasteiger partial charge in [-0.05, 0) is 66.5 Å². The van der Waals surface area contributed by atoms with Crippen LogP contribution in [0, 0.1) is 12.8 Å². The number of pyridine rings is 1. The third-order valence-corrected chi connectivity index (χ3v) is 6.41. The molecule has 1 aliphatic carbocycles. The Morgan fingerprint density at radius 2 is 1.91 bits per heavy atom. The van der Waals surface area contributed by atoms with Gasteiger partial charge in [0.25, 0.3) is 5.91 Å². The number of aliphatic hydroxyl groups excluding tert-OH is 1. The third-order valence-electron chi connectivity index (χ3n) is 6.41. The van der Waals surface area contributed by atoms with Gasteiger partial charge >= 0.3 is 0 Å². The molecule has 0 bridgehead atoms. The number of benzene rings is 1. The number of nitrogens with zero attached hydrogens (tertiary/aromatic N) is 5. The summed E-state index contributed by atoms with van der Waals surface area (Å²) in [7, 11) is 0. The molecule has 0 atom stereocenters. The van der Waals surface area contributed by atoms with Crippen LogP contribution in [0.15, 0.2) is 30.3 Å². The summed E-state index contributed by atoms with van der Waals surface area (Å²) < 4.78 is 0. The molecule has 184 valence electrons. The maximum Gasteiger partial charge on any atom is 0.267 e. The van der Waals surface area contributed by atoms with Crippen molar-refractivity contribution in [3.8, 4) is 11.4 Å². The molecule has 35 heavy (non-hydrogen) atoms. The van der Waals surface area contributed by atoms with E-state index < -0.39 is 5.91 Å². The predicted octanol–water partition coefficient (Wildman–Crippen LogP) is 1.92. The molecule has 0 saturated heterocycles. The van der Waals surface area contributed by atoms with Crippen LogP contribution in [0.1, 0.15) is 65.5 Å². The average Bonchev–Trinajstić information content (AvgIpc) is 3.29. The van der Waals surface area contributed by atoms with Crippen molar-refractivity contribution in [3.05, 3.63) is 58.4 Å². The number of carbonyl (C=O) groups excluding carboxylic acids is 2. The second kappa shape index (κ2) is 10.7. The Morgan fingerprint density at radius 3 is 2.60 bits per heavy atom. The topological polar surface area (TPSA) is 149 Å². The van der Waals surface area contributed by atoms with E-state index in [1.807, 2.05) is 30.3 Å². The maximum atomic E-state index is 12.3. The van der Waals surface area contributed by atoms with Crippen molar-refractivity contribution in [1.29, 1.82) is 0 Å². The number of aliphatic hydroxyl groups is 1. The Bertz CT molecular complexity index is 1220. The largest absolute Gasteiger partial charge is 0.392 e. The standard InChI is InChI=1S/C25H31N7O3/c1-15-10-22(21(23(27-15)24(26)35)12-18-4-3-5-19(11-18)14-33)25-29-31-32(30-25)13-17-6-8-20(9-7-17)28-16(2)34/h3-5,10-11,17,20,33H,6-9,12-14H2,1-2H3,(H2,26,35)(H,28,34). The van der Waals surface area contributed by atoms with E-state index in [9.17, 15) is 14.7 Å². The highest BCUT2D eigenvalue weighted by molar-refractivity contribution is 5.94. The molecule has 0 aliphatic heterocycles. The number of aromatic nitrogens is 5. The highest BCUT2D eigenvalue weighted by Crippen LogP contribution is 2.28. The number of hydrogen-bond acceptors (Lipinski definition) is 7. The minimum Gasteiger partial charge on any atom is -0.392 e. The fourth-order valence-corrected chi connectivity index (χ4v) is 4.76. The van der Waals surface area contributed by atoms with Crippen molar-refractivity contribution in [3.63, 3.8) is 0 Å². The first-order valence-electron chi connectivity index (χ1n) is 11.9. The molecule has 2 amide bonds. The molecule has 0 unspecified atom stereocenters. The molecular formula is C25H31N7O3. The van der Waals surface area contributed by atoms with Crippen LogP contribution in [0.2, 0.25) is 0 Å². The Labute approximate surface area is 203 Å². The summed E-state index contributed by atoms with van der Waals surface area (Å²) in [6, 6.07) is 9.59. The lowest BCUT2D eigenvalue weighted by molar-refractivity contribution is -0.119. The number of nitrogens with two attached hydrogens (primary N) is 1. The third kappa shape index (κ3) is 6.07. The molecule has 1 saturated carbocycles. The van der Waals surface area contributed by atoms with Crippen LogP contribution in [-0.4, -0.2) is 48.2 Å². The quantitative estimate of drug-likeness (QED) is 0.449. The van der Waals surface area contributed by atoms with E-state index in [0.29, 0.717) is 41.5 Å². The molecular weight excluding hydrogens is 446 g/mol. The van der Waals surface area contributed by atoms with Crippen molar-refractivity contribution in [1.82, 2.24) is 30.5 Å². The van der Waals surface area contributed by atoms with Crippen LogP contribution in [0.25, 0.3) is 11.4 Å². The van der Waals surface area contributed by atoms with Crippen LogP contribution in [0.4, 0.5) is 0 Å². The van der Waals surface area contributed by atoms with Crippen LogP contribution >= 0.6 is 0 Å². The molecule has 2 aromatic heterocycles. The van der Waals surface area contributed by atoms with Crippen LogP contribution in [0.5, 0.6) is 0 Å². The van der Waals surface area contributed by atoms with Gasteiger partial charge < -0.3 is 16.2 Å². The lowest BCUT2D eigenvalue weighted by atomic mass is 9.86. The van der Waals surface area contributed by atoms with E-state index in [-0.39, 0.29) is 24.2 Å². The van der Waals surface area contributed by atoms with Gasteiger partial charge in [0.1, 0.15) is 5.69 Å². The summed E-state index contributed by atoms with van der Waals surface area (Å²) >= 11 is 0. The second-order valence-electron chi connectivity index (χ2n) is 9.24. The van der Waals surface area contributed by atoms with E-state index in [1.54, 1.807) is 18.6 Å². The number of amides is 2. The lowest BCUT2D eigenvalue weighted by Gasteiger charge is -2.28. The summed E-state index contributed by atoms with van der Waals surface area (Å²) in [5.41, 5.74) is 9.49. The SMILES string of the molecule is CC(=O)NC1CCC(Cn2nnc(-c3cc(C)nc(C(N)=O)c3Cc3cccc(CO)c3)n2)CC1. The van der Waals surface area contributed by atoms with Crippen LogP contribution in [-0.2, 0) is 24.4 Å². The van der Waals surface area contributed by atoms with E-state index >= 15 is 0 Å². The van der Waals surface area contributed by atoms with E-state index in [4.69, 9.17) is 5.73 Å². The normalized spacial score (nSPS) is 17.8. The van der Waals surface area contributed by atoms with E-state index in [2.05, 4.69) is 25.7 Å². The Hall–Kier alpha value is -3.66. The van der Waals surface area contributed by atoms with Gasteiger partial charge in [-0.3, -0.25) is 9.59 Å². The van der Waals surface area contributed by atoms with Gasteiger partial charge in [-0.15, -0.1) is 10.2 Å². The van der Waals surface area contributed by atoms with Crippen molar-refractivity contribution in [2.45, 2.75) is 65.1 Å². The van der Waals surface area contributed by atoms with Gasteiger partial charge in [0, 0.05) is 30.6 Å². The average molecular weight is 478 g/mol. The Morgan fingerprint density at radius 1 is 1.17 bits per heavy atom. The minimum atomic E-state index is -0.619. The molecule has 1 aromatic carbocycles. The Balaban J connectivity index is 1.58. The monoisotopic (exact) mass is 477 g/mol. The number of rotatable bonds is 8. The van der Waals surface area contributed by atoms with Crippen molar-refractivity contribution in [2.24, 2.45) is 11.7 Å². The van der Waals surface area contributed by atoms with Crippen LogP contribution < -0.4 is 11.1 Å². The minimum absolute atomic E-state index is 0.0119. The summed E-state index contributed by atoms with van der Waals surface area (Å²) in [6.07, 6.45) is 4.22. The molecule has 0 spiro atoms. The molecule has 4 rings (SSSR count). The lowest BCUT2D eigenvalue weighted by Crippen LogP contribution is -2.36. The molecule has 3 aromatic rings. The number of tetrazole rings is 1. The highest BCUT2D eigenvalue weighted by atomic mass is 16.3. The molecule has 10 heteroatoms. The number of primary amides is 1. The molecule has 0 radical (unpaired) electrons. The second-order valence-corrected chi connectivity index (χ2v) is 9.24. The number of hydrogen-bond donors (Lipinski definition) is 3. The van der Waals surface area contributed by atoms with Gasteiger partial charge in [0.2, 0.25) is 11.7 Å². The van der Waals surface area contributed by atoms with Crippen molar-refractivity contribution >= 4 is 11.8 Å². The number of aryl methyl sites for hydroxylation is 1. The van der Waals surface area contributed by atoms with Gasteiger partial charge in [0.05, 0.1) is 13.2 Å². The molecule has 10 nitrogen and oxygen atoms in total. The Kier molecular flexibility index (Phi) is 7.50. The summed E-state index contributed by atoms with van der Waals surface area (Å²) in [5, 5.41) is 25.7. The van der Waals surface area contributed by atoms with Gasteiger partial charge in [-0.2, -0.15) is 4.80 Å². The summed E-state index contributed by atoms with van der Waals surface area (Å²) in [5.74, 6) is 0.214. The van der Waals surface area contributed by atoms with Crippen molar-refractivity contribution < 1.29 is 14.7 Å². The highest BCUT2D eigenvalue weighted by Gasteiger charge is 2.24.